The molecule has 1 aliphatic heterocycles. The summed E-state index contributed by atoms with van der Waals surface area (Å²) in [7, 11) is 0. The van der Waals surface area contributed by atoms with Crippen LogP contribution in [0.15, 0.2) is 29.3 Å². The van der Waals surface area contributed by atoms with Crippen molar-refractivity contribution in [1.29, 1.82) is 0 Å². The molecule has 0 aromatic heterocycles. The average Bonchev–Trinajstić information content (AvgIpc) is 2.19. The molecule has 0 aliphatic carbocycles. The number of benzene rings is 1. The first kappa shape index (κ1) is 9.02. The van der Waals surface area contributed by atoms with Crippen LogP contribution in [0.4, 0.5) is 5.69 Å². The molecular weight excluding hydrogens is 176 g/mol. The van der Waals surface area contributed by atoms with Crippen LogP contribution in [0.3, 0.4) is 0 Å². The van der Waals surface area contributed by atoms with E-state index in [-0.39, 0.29) is 0 Å². The van der Waals surface area contributed by atoms with Crippen molar-refractivity contribution in [1.82, 2.24) is 5.01 Å². The zero-order valence-corrected chi connectivity index (χ0v) is 8.22. The summed E-state index contributed by atoms with van der Waals surface area (Å²) in [5, 5.41) is 1.57. The van der Waals surface area contributed by atoms with Gasteiger partial charge in [0.2, 0.25) is 0 Å². The highest BCUT2D eigenvalue weighted by Crippen LogP contribution is 2.15. The first-order valence-corrected chi connectivity index (χ1v) is 4.58. The average molecular weight is 190 g/mol. The van der Waals surface area contributed by atoms with E-state index in [4.69, 9.17) is 5.84 Å². The summed E-state index contributed by atoms with van der Waals surface area (Å²) in [5.74, 6) is 5.63. The third-order valence-corrected chi connectivity index (χ3v) is 2.22. The van der Waals surface area contributed by atoms with Crippen LogP contribution in [0.5, 0.6) is 0 Å². The van der Waals surface area contributed by atoms with Crippen LogP contribution in [-0.2, 0) is 0 Å². The fraction of sp³-hybridized carbons (Fsp3) is 0.300. The van der Waals surface area contributed by atoms with Crippen LogP contribution in [0.1, 0.15) is 5.56 Å². The molecule has 0 atom stereocenters. The number of rotatable bonds is 1. The van der Waals surface area contributed by atoms with Crippen molar-refractivity contribution in [2.45, 2.75) is 6.92 Å². The van der Waals surface area contributed by atoms with E-state index in [1.54, 1.807) is 11.3 Å². The quantitative estimate of drug-likeness (QED) is 0.670. The van der Waals surface area contributed by atoms with Crippen LogP contribution >= 0.6 is 0 Å². The third kappa shape index (κ3) is 1.85. The molecule has 0 saturated carbocycles. The van der Waals surface area contributed by atoms with Crippen molar-refractivity contribution in [3.05, 3.63) is 29.8 Å². The Kier molecular flexibility index (Phi) is 2.37. The van der Waals surface area contributed by atoms with Gasteiger partial charge in [0.25, 0.3) is 0 Å². The second-order valence-electron chi connectivity index (χ2n) is 3.47. The van der Waals surface area contributed by atoms with Crippen LogP contribution in [0.2, 0.25) is 0 Å². The zero-order chi connectivity index (χ0) is 9.97. The molecule has 74 valence electrons. The molecule has 0 bridgehead atoms. The highest BCUT2D eigenvalue weighted by molar-refractivity contribution is 5.58. The maximum absolute atomic E-state index is 5.63. The molecule has 1 aliphatic rings. The maximum atomic E-state index is 5.63. The highest BCUT2D eigenvalue weighted by atomic mass is 15.5. The van der Waals surface area contributed by atoms with Gasteiger partial charge in [-0.3, -0.25) is 10.0 Å². The van der Waals surface area contributed by atoms with Crippen molar-refractivity contribution < 1.29 is 0 Å². The number of anilines is 1. The van der Waals surface area contributed by atoms with Crippen LogP contribution in [0, 0.1) is 6.92 Å². The monoisotopic (exact) mass is 190 g/mol. The van der Waals surface area contributed by atoms with E-state index in [1.165, 1.54) is 5.56 Å². The summed E-state index contributed by atoms with van der Waals surface area (Å²) in [4.78, 5) is 6.25. The predicted molar refractivity (Wildman–Crippen MR) is 57.9 cm³/mol. The van der Waals surface area contributed by atoms with Gasteiger partial charge in [0.15, 0.2) is 0 Å². The van der Waals surface area contributed by atoms with E-state index >= 15 is 0 Å². The Morgan fingerprint density at radius 1 is 1.29 bits per heavy atom. The molecular formula is C10H14N4. The molecule has 1 aromatic rings. The van der Waals surface area contributed by atoms with Gasteiger partial charge < -0.3 is 4.90 Å². The lowest BCUT2D eigenvalue weighted by Gasteiger charge is -2.30. The van der Waals surface area contributed by atoms with E-state index in [1.807, 2.05) is 0 Å². The molecule has 1 heterocycles. The number of hydrogen-bond acceptors (Lipinski definition) is 4. The second-order valence-corrected chi connectivity index (χ2v) is 3.47. The van der Waals surface area contributed by atoms with Gasteiger partial charge >= 0.3 is 0 Å². The molecule has 2 N–H and O–H groups in total. The maximum Gasteiger partial charge on any atom is 0.113 e. The number of aliphatic imine (C=N–C) groups is 1. The van der Waals surface area contributed by atoms with Gasteiger partial charge in [-0.05, 0) is 19.1 Å². The van der Waals surface area contributed by atoms with Crippen molar-refractivity contribution >= 4 is 12.0 Å². The normalized spacial score (nSPS) is 16.1. The second kappa shape index (κ2) is 3.67. The molecule has 0 radical (unpaired) electrons. The predicted octanol–water partition coefficient (Wildman–Crippen LogP) is 0.934. The summed E-state index contributed by atoms with van der Waals surface area (Å²) in [6, 6.07) is 8.36. The topological polar surface area (TPSA) is 44.9 Å². The Labute approximate surface area is 83.6 Å². The molecule has 0 fully saturated rings. The molecule has 4 nitrogen and oxygen atoms in total. The van der Waals surface area contributed by atoms with E-state index in [9.17, 15) is 0 Å². The third-order valence-electron chi connectivity index (χ3n) is 2.22. The summed E-state index contributed by atoms with van der Waals surface area (Å²) >= 11 is 0. The summed E-state index contributed by atoms with van der Waals surface area (Å²) < 4.78 is 0. The van der Waals surface area contributed by atoms with Crippen LogP contribution in [-0.4, -0.2) is 24.7 Å². The highest BCUT2D eigenvalue weighted by Gasteiger charge is 2.10. The number of hydrogen-bond donors (Lipinski definition) is 1. The largest absolute Gasteiger partial charge is 0.333 e. The molecule has 14 heavy (non-hydrogen) atoms. The van der Waals surface area contributed by atoms with Crippen LogP contribution in [0.25, 0.3) is 0 Å². The lowest BCUT2D eigenvalue weighted by molar-refractivity contribution is 0.425. The summed E-state index contributed by atoms with van der Waals surface area (Å²) in [6.07, 6.45) is 1.66. The number of nitrogens with two attached hydrogens (primary N) is 1. The van der Waals surface area contributed by atoms with E-state index in [0.29, 0.717) is 13.3 Å². The smallest absolute Gasteiger partial charge is 0.113 e. The lowest BCUT2D eigenvalue weighted by atomic mass is 10.2. The van der Waals surface area contributed by atoms with Gasteiger partial charge in [-0.25, -0.2) is 5.84 Å². The van der Waals surface area contributed by atoms with Crippen molar-refractivity contribution in [3.8, 4) is 0 Å². The van der Waals surface area contributed by atoms with Crippen molar-refractivity contribution in [3.63, 3.8) is 0 Å². The molecule has 1 aromatic carbocycles. The Morgan fingerprint density at radius 3 is 2.64 bits per heavy atom. The standard InChI is InChI=1S/C10H14N4/c1-9-2-4-10(5-3-9)13-6-12-7-14(11)8-13/h2-5,7H,6,8,11H2,1H3. The fourth-order valence-electron chi connectivity index (χ4n) is 1.44. The lowest BCUT2D eigenvalue weighted by Crippen LogP contribution is -2.45. The Bertz CT molecular complexity index is 330. The molecule has 2 rings (SSSR count). The minimum Gasteiger partial charge on any atom is -0.333 e. The summed E-state index contributed by atoms with van der Waals surface area (Å²) in [5.41, 5.74) is 2.42. The minimum atomic E-state index is 0.677. The minimum absolute atomic E-state index is 0.677. The van der Waals surface area contributed by atoms with E-state index in [2.05, 4.69) is 41.1 Å². The van der Waals surface area contributed by atoms with Crippen LogP contribution < -0.4 is 10.7 Å². The fourth-order valence-corrected chi connectivity index (χ4v) is 1.44. The van der Waals surface area contributed by atoms with Gasteiger partial charge in [-0.2, -0.15) is 0 Å². The number of nitrogens with zero attached hydrogens (tertiary/aromatic N) is 3. The number of aryl methyl sites for hydroxylation is 1. The zero-order valence-electron chi connectivity index (χ0n) is 8.22. The molecule has 0 unspecified atom stereocenters. The molecule has 0 spiro atoms. The number of hydrazine groups is 1. The SMILES string of the molecule is Cc1ccc(N2CN=CN(N)C2)cc1. The van der Waals surface area contributed by atoms with E-state index in [0.717, 1.165) is 5.69 Å². The Hall–Kier alpha value is -1.55. The first-order valence-electron chi connectivity index (χ1n) is 4.58. The Morgan fingerprint density at radius 2 is 2.00 bits per heavy atom. The first-order chi connectivity index (χ1) is 6.75. The van der Waals surface area contributed by atoms with E-state index < -0.39 is 0 Å². The molecule has 0 saturated heterocycles. The summed E-state index contributed by atoms with van der Waals surface area (Å²) in [6.45, 7) is 3.44. The van der Waals surface area contributed by atoms with Crippen molar-refractivity contribution in [2.75, 3.05) is 18.2 Å². The molecule has 0 amide bonds. The molecule has 4 heteroatoms. The van der Waals surface area contributed by atoms with Gasteiger partial charge in [-0.1, -0.05) is 17.7 Å². The van der Waals surface area contributed by atoms with Gasteiger partial charge in [0, 0.05) is 5.69 Å². The van der Waals surface area contributed by atoms with Gasteiger partial charge in [0.05, 0.1) is 0 Å². The van der Waals surface area contributed by atoms with Crippen molar-refractivity contribution in [2.24, 2.45) is 10.8 Å². The Balaban J connectivity index is 2.15. The van der Waals surface area contributed by atoms with Gasteiger partial charge in [0.1, 0.15) is 19.7 Å². The van der Waals surface area contributed by atoms with Gasteiger partial charge in [-0.15, -0.1) is 0 Å².